The van der Waals surface area contributed by atoms with E-state index in [1.165, 1.54) is 0 Å². The number of aromatic amines is 1. The van der Waals surface area contributed by atoms with Gasteiger partial charge < -0.3 is 4.74 Å². The van der Waals surface area contributed by atoms with E-state index in [1.54, 1.807) is 6.20 Å². The maximum atomic E-state index is 5.29. The SMILES string of the molecule is CCOCC(NN)c1cn[nH]n1. The maximum absolute atomic E-state index is 5.29. The number of hydrogen-bond acceptors (Lipinski definition) is 5. The molecule has 1 heterocycles. The molecule has 1 rings (SSSR count). The number of nitrogens with zero attached hydrogens (tertiary/aromatic N) is 2. The lowest BCUT2D eigenvalue weighted by Gasteiger charge is -2.11. The number of hydrazine groups is 1. The standard InChI is InChI=1S/C6H13N5O/c1-2-12-4-6(9-7)5-3-8-11-10-5/h3,6,9H,2,4,7H2,1H3,(H,8,10,11). The van der Waals surface area contributed by atoms with Crippen LogP contribution in [0.5, 0.6) is 0 Å². The minimum Gasteiger partial charge on any atom is -0.380 e. The van der Waals surface area contributed by atoms with Gasteiger partial charge in [-0.25, -0.2) is 5.43 Å². The summed E-state index contributed by atoms with van der Waals surface area (Å²) < 4.78 is 5.19. The summed E-state index contributed by atoms with van der Waals surface area (Å²) in [4.78, 5) is 0. The molecule has 1 unspecified atom stereocenters. The van der Waals surface area contributed by atoms with Crippen LogP contribution in [0.4, 0.5) is 0 Å². The summed E-state index contributed by atoms with van der Waals surface area (Å²) in [5.41, 5.74) is 3.35. The van der Waals surface area contributed by atoms with Gasteiger partial charge in [-0.05, 0) is 6.92 Å². The molecule has 0 fully saturated rings. The fourth-order valence-electron chi connectivity index (χ4n) is 0.833. The molecule has 1 aromatic rings. The van der Waals surface area contributed by atoms with Crippen molar-refractivity contribution in [3.05, 3.63) is 11.9 Å². The minimum atomic E-state index is -0.0938. The van der Waals surface area contributed by atoms with Crippen molar-refractivity contribution in [2.45, 2.75) is 13.0 Å². The molecule has 4 N–H and O–H groups in total. The molecule has 0 saturated carbocycles. The average Bonchev–Trinajstić information content (AvgIpc) is 2.59. The lowest BCUT2D eigenvalue weighted by molar-refractivity contribution is 0.122. The molecule has 6 heteroatoms. The molecular formula is C6H13N5O. The van der Waals surface area contributed by atoms with Gasteiger partial charge in [0, 0.05) is 6.61 Å². The molecule has 0 aliphatic carbocycles. The van der Waals surface area contributed by atoms with Crippen molar-refractivity contribution < 1.29 is 4.74 Å². The zero-order valence-electron chi connectivity index (χ0n) is 6.95. The lowest BCUT2D eigenvalue weighted by atomic mass is 10.2. The van der Waals surface area contributed by atoms with Gasteiger partial charge in [0.1, 0.15) is 5.69 Å². The van der Waals surface area contributed by atoms with E-state index in [0.29, 0.717) is 13.2 Å². The molecule has 0 aromatic carbocycles. The van der Waals surface area contributed by atoms with E-state index in [-0.39, 0.29) is 6.04 Å². The third kappa shape index (κ3) is 2.26. The second-order valence-electron chi connectivity index (χ2n) is 2.27. The smallest absolute Gasteiger partial charge is 0.103 e. The summed E-state index contributed by atoms with van der Waals surface area (Å²) in [7, 11) is 0. The van der Waals surface area contributed by atoms with Crippen LogP contribution in [0.1, 0.15) is 18.7 Å². The largest absolute Gasteiger partial charge is 0.380 e. The molecule has 0 saturated heterocycles. The van der Waals surface area contributed by atoms with Gasteiger partial charge in [-0.2, -0.15) is 15.4 Å². The van der Waals surface area contributed by atoms with Crippen molar-refractivity contribution in [2.75, 3.05) is 13.2 Å². The number of aromatic nitrogens is 3. The number of hydrogen-bond donors (Lipinski definition) is 3. The molecule has 0 amide bonds. The van der Waals surface area contributed by atoms with Crippen molar-refractivity contribution in [1.82, 2.24) is 20.8 Å². The first-order valence-electron chi connectivity index (χ1n) is 3.78. The molecule has 0 spiro atoms. The van der Waals surface area contributed by atoms with Gasteiger partial charge >= 0.3 is 0 Å². The Hall–Kier alpha value is -0.980. The third-order valence-corrected chi connectivity index (χ3v) is 1.48. The van der Waals surface area contributed by atoms with Crippen LogP contribution in [-0.2, 0) is 4.74 Å². The molecule has 0 aliphatic heterocycles. The number of H-pyrrole nitrogens is 1. The Morgan fingerprint density at radius 3 is 3.17 bits per heavy atom. The number of nitrogens with one attached hydrogen (secondary N) is 2. The fraction of sp³-hybridized carbons (Fsp3) is 0.667. The fourth-order valence-corrected chi connectivity index (χ4v) is 0.833. The van der Waals surface area contributed by atoms with Crippen molar-refractivity contribution in [3.8, 4) is 0 Å². The van der Waals surface area contributed by atoms with Gasteiger partial charge in [-0.15, -0.1) is 0 Å². The van der Waals surface area contributed by atoms with Crippen LogP contribution in [0.15, 0.2) is 6.20 Å². The molecule has 68 valence electrons. The van der Waals surface area contributed by atoms with Gasteiger partial charge in [0.05, 0.1) is 18.8 Å². The maximum Gasteiger partial charge on any atom is 0.103 e. The Balaban J connectivity index is 2.45. The number of nitrogens with two attached hydrogens (primary N) is 1. The second-order valence-corrected chi connectivity index (χ2v) is 2.27. The first-order chi connectivity index (χ1) is 5.88. The van der Waals surface area contributed by atoms with Crippen molar-refractivity contribution in [1.29, 1.82) is 0 Å². The van der Waals surface area contributed by atoms with Crippen LogP contribution < -0.4 is 11.3 Å². The van der Waals surface area contributed by atoms with E-state index < -0.39 is 0 Å². The Morgan fingerprint density at radius 2 is 2.67 bits per heavy atom. The predicted molar refractivity (Wildman–Crippen MR) is 42.9 cm³/mol. The lowest BCUT2D eigenvalue weighted by Crippen LogP contribution is -2.31. The van der Waals surface area contributed by atoms with Gasteiger partial charge in [0.15, 0.2) is 0 Å². The van der Waals surface area contributed by atoms with E-state index in [2.05, 4.69) is 20.8 Å². The average molecular weight is 171 g/mol. The first-order valence-corrected chi connectivity index (χ1v) is 3.78. The Kier molecular flexibility index (Phi) is 3.65. The summed E-state index contributed by atoms with van der Waals surface area (Å²) >= 11 is 0. The van der Waals surface area contributed by atoms with Crippen LogP contribution in [-0.4, -0.2) is 28.6 Å². The summed E-state index contributed by atoms with van der Waals surface area (Å²) in [6.07, 6.45) is 1.61. The predicted octanol–water partition coefficient (Wildman–Crippen LogP) is -0.654. The molecular weight excluding hydrogens is 158 g/mol. The highest BCUT2D eigenvalue weighted by atomic mass is 16.5. The summed E-state index contributed by atoms with van der Waals surface area (Å²) in [6.45, 7) is 3.09. The highest BCUT2D eigenvalue weighted by Gasteiger charge is 2.11. The van der Waals surface area contributed by atoms with Crippen molar-refractivity contribution >= 4 is 0 Å². The van der Waals surface area contributed by atoms with Crippen LogP contribution >= 0.6 is 0 Å². The molecule has 0 bridgehead atoms. The Morgan fingerprint density at radius 1 is 1.83 bits per heavy atom. The zero-order valence-corrected chi connectivity index (χ0v) is 6.95. The molecule has 12 heavy (non-hydrogen) atoms. The Labute approximate surface area is 70.4 Å². The highest BCUT2D eigenvalue weighted by molar-refractivity contribution is 4.98. The molecule has 1 aromatic heterocycles. The van der Waals surface area contributed by atoms with Crippen molar-refractivity contribution in [2.24, 2.45) is 5.84 Å². The van der Waals surface area contributed by atoms with E-state index in [4.69, 9.17) is 10.6 Å². The highest BCUT2D eigenvalue weighted by Crippen LogP contribution is 2.05. The van der Waals surface area contributed by atoms with Crippen molar-refractivity contribution in [3.63, 3.8) is 0 Å². The van der Waals surface area contributed by atoms with Gasteiger partial charge in [0.2, 0.25) is 0 Å². The summed E-state index contributed by atoms with van der Waals surface area (Å²) in [5, 5.41) is 10.1. The van der Waals surface area contributed by atoms with Gasteiger partial charge in [-0.3, -0.25) is 5.84 Å². The van der Waals surface area contributed by atoms with E-state index in [0.717, 1.165) is 5.69 Å². The van der Waals surface area contributed by atoms with Crippen LogP contribution in [0.2, 0.25) is 0 Å². The third-order valence-electron chi connectivity index (χ3n) is 1.48. The molecule has 6 nitrogen and oxygen atoms in total. The Bertz CT molecular complexity index is 200. The normalized spacial score (nSPS) is 13.2. The number of ether oxygens (including phenoxy) is 1. The van der Waals surface area contributed by atoms with Gasteiger partial charge in [0.25, 0.3) is 0 Å². The number of rotatable bonds is 5. The minimum absolute atomic E-state index is 0.0938. The van der Waals surface area contributed by atoms with E-state index in [9.17, 15) is 0 Å². The monoisotopic (exact) mass is 171 g/mol. The topological polar surface area (TPSA) is 88.9 Å². The molecule has 1 atom stereocenters. The molecule has 0 radical (unpaired) electrons. The van der Waals surface area contributed by atoms with Crippen LogP contribution in [0.3, 0.4) is 0 Å². The summed E-state index contributed by atoms with van der Waals surface area (Å²) in [5.74, 6) is 5.29. The van der Waals surface area contributed by atoms with Crippen LogP contribution in [0, 0.1) is 0 Å². The molecule has 0 aliphatic rings. The van der Waals surface area contributed by atoms with E-state index >= 15 is 0 Å². The second kappa shape index (κ2) is 4.81. The first kappa shape index (κ1) is 9.11. The quantitative estimate of drug-likeness (QED) is 0.404. The van der Waals surface area contributed by atoms with Crippen LogP contribution in [0.25, 0.3) is 0 Å². The zero-order chi connectivity index (χ0) is 8.81. The van der Waals surface area contributed by atoms with E-state index in [1.807, 2.05) is 6.92 Å². The van der Waals surface area contributed by atoms with Gasteiger partial charge in [-0.1, -0.05) is 0 Å². The summed E-state index contributed by atoms with van der Waals surface area (Å²) in [6, 6.07) is -0.0938.